The molecule has 0 radical (unpaired) electrons. The van der Waals surface area contributed by atoms with Crippen LogP contribution in [0.2, 0.25) is 0 Å². The Bertz CT molecular complexity index is 823. The molecule has 0 bridgehead atoms. The third kappa shape index (κ3) is 4.68. The van der Waals surface area contributed by atoms with Crippen LogP contribution in [-0.2, 0) is 6.54 Å². The molecule has 0 unspecified atom stereocenters. The summed E-state index contributed by atoms with van der Waals surface area (Å²) in [6.45, 7) is 4.67. The summed E-state index contributed by atoms with van der Waals surface area (Å²) in [6, 6.07) is 18.5. The molecule has 0 aromatic heterocycles. The Morgan fingerprint density at radius 1 is 0.964 bits per heavy atom. The number of nitrogens with zero attached hydrogens (tertiary/aromatic N) is 2. The van der Waals surface area contributed by atoms with Crippen molar-refractivity contribution in [2.24, 2.45) is 10.9 Å². The average Bonchev–Trinajstić information content (AvgIpc) is 2.75. The maximum Gasteiger partial charge on any atom is 0.185 e. The van der Waals surface area contributed by atoms with E-state index in [0.29, 0.717) is 0 Å². The monoisotopic (exact) mass is 375 g/mol. The number of piperidine rings is 1. The van der Waals surface area contributed by atoms with E-state index in [4.69, 9.17) is 0 Å². The second-order valence-corrected chi connectivity index (χ2v) is 7.91. The van der Waals surface area contributed by atoms with E-state index in [9.17, 15) is 4.79 Å². The van der Waals surface area contributed by atoms with Crippen molar-refractivity contribution in [1.82, 2.24) is 10.2 Å². The molecule has 4 heteroatoms. The summed E-state index contributed by atoms with van der Waals surface area (Å²) in [7, 11) is 0. The number of amidine groups is 1. The molecule has 0 spiro atoms. The van der Waals surface area contributed by atoms with Gasteiger partial charge in [0.2, 0.25) is 0 Å². The number of ketones is 1. The highest BCUT2D eigenvalue weighted by molar-refractivity contribution is 6.14. The summed E-state index contributed by atoms with van der Waals surface area (Å²) in [4.78, 5) is 19.0. The summed E-state index contributed by atoms with van der Waals surface area (Å²) in [5.41, 5.74) is 3.16. The normalized spacial score (nSPS) is 17.9. The molecule has 1 saturated heterocycles. The molecule has 1 fully saturated rings. The van der Waals surface area contributed by atoms with Crippen molar-refractivity contribution in [2.45, 2.75) is 32.2 Å². The van der Waals surface area contributed by atoms with Gasteiger partial charge in [0.15, 0.2) is 5.78 Å². The lowest BCUT2D eigenvalue weighted by Gasteiger charge is -2.32. The Balaban J connectivity index is 1.17. The Hall–Kier alpha value is -2.46. The van der Waals surface area contributed by atoms with Crippen molar-refractivity contribution in [1.29, 1.82) is 0 Å². The lowest BCUT2D eigenvalue weighted by Crippen LogP contribution is -2.34. The number of hydrogen-bond acceptors (Lipinski definition) is 4. The largest absolute Gasteiger partial charge is 0.370 e. The van der Waals surface area contributed by atoms with Crippen LogP contribution in [0, 0.1) is 5.92 Å². The molecule has 28 heavy (non-hydrogen) atoms. The standard InChI is InChI=1S/C24H29N3O/c28-23-17-26-24(22-11-5-4-10-21(22)23)25-14-6-9-19-12-15-27(16-13-19)18-20-7-2-1-3-8-20/h1-5,7-8,10-11,19H,6,9,12-18H2,(H,25,26). The quantitative estimate of drug-likeness (QED) is 0.779. The second kappa shape index (κ2) is 9.16. The molecule has 2 heterocycles. The van der Waals surface area contributed by atoms with Crippen LogP contribution in [0.15, 0.2) is 59.6 Å². The van der Waals surface area contributed by atoms with E-state index in [-0.39, 0.29) is 12.3 Å². The van der Waals surface area contributed by atoms with Crippen LogP contribution in [0.5, 0.6) is 0 Å². The van der Waals surface area contributed by atoms with Gasteiger partial charge in [-0.05, 0) is 50.3 Å². The maximum absolute atomic E-state index is 12.0. The Labute approximate surface area is 167 Å². The molecule has 0 saturated carbocycles. The van der Waals surface area contributed by atoms with Crippen molar-refractivity contribution < 1.29 is 4.79 Å². The van der Waals surface area contributed by atoms with Gasteiger partial charge in [-0.2, -0.15) is 0 Å². The van der Waals surface area contributed by atoms with Gasteiger partial charge in [0.05, 0.1) is 0 Å². The van der Waals surface area contributed by atoms with Crippen LogP contribution in [0.4, 0.5) is 0 Å². The van der Waals surface area contributed by atoms with E-state index in [1.54, 1.807) is 0 Å². The third-order valence-corrected chi connectivity index (χ3v) is 5.90. The van der Waals surface area contributed by atoms with E-state index >= 15 is 0 Å². The minimum absolute atomic E-state index is 0.114. The molecule has 2 aromatic rings. The lowest BCUT2D eigenvalue weighted by atomic mass is 9.92. The second-order valence-electron chi connectivity index (χ2n) is 7.91. The van der Waals surface area contributed by atoms with Crippen LogP contribution < -0.4 is 5.32 Å². The molecule has 2 aliphatic rings. The van der Waals surface area contributed by atoms with Crippen molar-refractivity contribution in [3.63, 3.8) is 0 Å². The first kappa shape index (κ1) is 18.9. The number of benzene rings is 2. The van der Waals surface area contributed by atoms with E-state index in [1.807, 2.05) is 24.3 Å². The van der Waals surface area contributed by atoms with Gasteiger partial charge in [0, 0.05) is 24.2 Å². The van der Waals surface area contributed by atoms with Gasteiger partial charge < -0.3 is 5.32 Å². The van der Waals surface area contributed by atoms with E-state index in [1.165, 1.54) is 37.9 Å². The maximum atomic E-state index is 12.0. The van der Waals surface area contributed by atoms with Crippen molar-refractivity contribution in [2.75, 3.05) is 26.2 Å². The minimum Gasteiger partial charge on any atom is -0.370 e. The van der Waals surface area contributed by atoms with Gasteiger partial charge in [0.25, 0.3) is 0 Å². The molecule has 0 aliphatic carbocycles. The summed E-state index contributed by atoms with van der Waals surface area (Å²) in [6.07, 6.45) is 5.01. The molecule has 4 nitrogen and oxygen atoms in total. The molecule has 146 valence electrons. The molecule has 2 aromatic carbocycles. The minimum atomic E-state index is 0.114. The summed E-state index contributed by atoms with van der Waals surface area (Å²) >= 11 is 0. The molecule has 4 rings (SSSR count). The summed E-state index contributed by atoms with van der Waals surface area (Å²) < 4.78 is 0. The van der Waals surface area contributed by atoms with E-state index in [0.717, 1.165) is 42.4 Å². The van der Waals surface area contributed by atoms with Gasteiger partial charge in [-0.3, -0.25) is 14.7 Å². The third-order valence-electron chi connectivity index (χ3n) is 5.90. The number of hydrogen-bond donors (Lipinski definition) is 1. The van der Waals surface area contributed by atoms with Crippen molar-refractivity contribution in [3.8, 4) is 0 Å². The number of nitrogens with one attached hydrogen (secondary N) is 1. The molecule has 0 amide bonds. The SMILES string of the molecule is O=C1CN=C(NCCCC2CCN(Cc3ccccc3)CC2)c2ccccc21. The van der Waals surface area contributed by atoms with Crippen molar-refractivity contribution >= 4 is 11.6 Å². The number of aliphatic imine (C=N–C) groups is 1. The number of carbonyl (C=O) groups is 1. The Morgan fingerprint density at radius 2 is 1.68 bits per heavy atom. The number of Topliss-reactive ketones (excluding diaryl/α,β-unsaturated/α-hetero) is 1. The molecule has 1 N–H and O–H groups in total. The first-order valence-corrected chi connectivity index (χ1v) is 10.5. The fraction of sp³-hybridized carbons (Fsp3) is 0.417. The van der Waals surface area contributed by atoms with Crippen LogP contribution in [-0.4, -0.2) is 42.7 Å². The van der Waals surface area contributed by atoms with Crippen molar-refractivity contribution in [3.05, 3.63) is 71.3 Å². The molecule has 2 aliphatic heterocycles. The van der Waals surface area contributed by atoms with Crippen LogP contribution >= 0.6 is 0 Å². The van der Waals surface area contributed by atoms with Crippen LogP contribution in [0.25, 0.3) is 0 Å². The topological polar surface area (TPSA) is 44.7 Å². The zero-order valence-electron chi connectivity index (χ0n) is 16.4. The predicted molar refractivity (Wildman–Crippen MR) is 114 cm³/mol. The van der Waals surface area contributed by atoms with Gasteiger partial charge in [-0.1, -0.05) is 54.6 Å². The lowest BCUT2D eigenvalue weighted by molar-refractivity contribution is 0.1000. The molecular formula is C24H29N3O. The zero-order chi connectivity index (χ0) is 19.2. The Morgan fingerprint density at radius 3 is 2.46 bits per heavy atom. The van der Waals surface area contributed by atoms with Gasteiger partial charge in [-0.25, -0.2) is 0 Å². The van der Waals surface area contributed by atoms with Gasteiger partial charge in [0.1, 0.15) is 12.4 Å². The van der Waals surface area contributed by atoms with Crippen LogP contribution in [0.3, 0.4) is 0 Å². The summed E-state index contributed by atoms with van der Waals surface area (Å²) in [5, 5.41) is 3.47. The molecule has 0 atom stereocenters. The Kier molecular flexibility index (Phi) is 6.17. The highest BCUT2D eigenvalue weighted by Gasteiger charge is 2.21. The van der Waals surface area contributed by atoms with Crippen LogP contribution in [0.1, 0.15) is 47.2 Å². The smallest absolute Gasteiger partial charge is 0.185 e. The predicted octanol–water partition coefficient (Wildman–Crippen LogP) is 3.91. The fourth-order valence-electron chi connectivity index (χ4n) is 4.28. The highest BCUT2D eigenvalue weighted by atomic mass is 16.1. The number of fused-ring (bicyclic) bond motifs is 1. The fourth-order valence-corrected chi connectivity index (χ4v) is 4.28. The highest BCUT2D eigenvalue weighted by Crippen LogP contribution is 2.23. The van der Waals surface area contributed by atoms with Gasteiger partial charge in [-0.15, -0.1) is 0 Å². The number of likely N-dealkylation sites (tertiary alicyclic amines) is 1. The number of carbonyl (C=O) groups excluding carboxylic acids is 1. The molecular weight excluding hydrogens is 346 g/mol. The van der Waals surface area contributed by atoms with E-state index < -0.39 is 0 Å². The first-order valence-electron chi connectivity index (χ1n) is 10.5. The first-order chi connectivity index (χ1) is 13.8. The van der Waals surface area contributed by atoms with Gasteiger partial charge >= 0.3 is 0 Å². The zero-order valence-corrected chi connectivity index (χ0v) is 16.4. The summed E-state index contributed by atoms with van der Waals surface area (Å²) in [5.74, 6) is 1.83. The average molecular weight is 376 g/mol. The van der Waals surface area contributed by atoms with E-state index in [2.05, 4.69) is 45.5 Å². The number of rotatable bonds is 6.